The predicted molar refractivity (Wildman–Crippen MR) is 115 cm³/mol. The average Bonchev–Trinajstić information content (AvgIpc) is 3.07. The van der Waals surface area contributed by atoms with E-state index in [0.717, 1.165) is 23.0 Å². The largest absolute Gasteiger partial charge is 0.491 e. The number of ether oxygens (including phenoxy) is 1. The topological polar surface area (TPSA) is 48.6 Å². The Morgan fingerprint density at radius 1 is 1.21 bits per heavy atom. The molecule has 1 amide bonds. The fourth-order valence-electron chi connectivity index (χ4n) is 3.65. The van der Waals surface area contributed by atoms with E-state index in [2.05, 4.69) is 31.9 Å². The number of carbonyl (C=O) groups is 1. The van der Waals surface area contributed by atoms with Crippen LogP contribution in [0, 0.1) is 0 Å². The van der Waals surface area contributed by atoms with Crippen molar-refractivity contribution in [2.24, 2.45) is 0 Å². The Bertz CT molecular complexity index is 1010. The molecule has 3 aromatic rings. The van der Waals surface area contributed by atoms with E-state index < -0.39 is 0 Å². The highest BCUT2D eigenvalue weighted by atomic mass is 79.9. The molecule has 6 heteroatoms. The van der Waals surface area contributed by atoms with E-state index in [9.17, 15) is 4.79 Å². The third kappa shape index (κ3) is 3.66. The highest BCUT2D eigenvalue weighted by Crippen LogP contribution is 2.32. The number of benzene rings is 2. The third-order valence-electron chi connectivity index (χ3n) is 5.16. The highest BCUT2D eigenvalue weighted by Gasteiger charge is 2.26. The van der Waals surface area contributed by atoms with Gasteiger partial charge in [0, 0.05) is 47.2 Å². The SMILES string of the molecule is CN(C)CCOc1ccccc1C(=O)N1CCc2[nH]c3c(Br)cccc3c2C1. The van der Waals surface area contributed by atoms with Crippen LogP contribution >= 0.6 is 15.9 Å². The molecule has 0 spiro atoms. The fourth-order valence-corrected chi connectivity index (χ4v) is 4.12. The van der Waals surface area contributed by atoms with Crippen molar-refractivity contribution in [2.45, 2.75) is 13.0 Å². The van der Waals surface area contributed by atoms with E-state index in [4.69, 9.17) is 4.74 Å². The van der Waals surface area contributed by atoms with Gasteiger partial charge >= 0.3 is 0 Å². The lowest BCUT2D eigenvalue weighted by Crippen LogP contribution is -2.36. The summed E-state index contributed by atoms with van der Waals surface area (Å²) in [6, 6.07) is 13.7. The van der Waals surface area contributed by atoms with E-state index in [1.165, 1.54) is 16.6 Å². The molecule has 0 saturated carbocycles. The maximum absolute atomic E-state index is 13.3. The summed E-state index contributed by atoms with van der Waals surface area (Å²) in [6.45, 7) is 2.66. The smallest absolute Gasteiger partial charge is 0.257 e. The number of hydrogen-bond donors (Lipinski definition) is 1. The third-order valence-corrected chi connectivity index (χ3v) is 5.82. The van der Waals surface area contributed by atoms with Gasteiger partial charge in [-0.15, -0.1) is 0 Å². The summed E-state index contributed by atoms with van der Waals surface area (Å²) < 4.78 is 6.95. The molecule has 0 saturated heterocycles. The molecule has 1 N–H and O–H groups in total. The summed E-state index contributed by atoms with van der Waals surface area (Å²) in [5, 5.41) is 1.18. The van der Waals surface area contributed by atoms with Crippen LogP contribution in [0.2, 0.25) is 0 Å². The van der Waals surface area contributed by atoms with Crippen LogP contribution in [0.1, 0.15) is 21.6 Å². The van der Waals surface area contributed by atoms with Gasteiger partial charge in [-0.2, -0.15) is 0 Å². The summed E-state index contributed by atoms with van der Waals surface area (Å²) in [5.41, 5.74) is 4.17. The summed E-state index contributed by atoms with van der Waals surface area (Å²) in [7, 11) is 4.01. The number of amides is 1. The first-order valence-corrected chi connectivity index (χ1v) is 10.3. The van der Waals surface area contributed by atoms with E-state index in [0.29, 0.717) is 31.0 Å². The Morgan fingerprint density at radius 3 is 2.86 bits per heavy atom. The van der Waals surface area contributed by atoms with Crippen molar-refractivity contribution < 1.29 is 9.53 Å². The molecule has 1 aliphatic heterocycles. The zero-order valence-electron chi connectivity index (χ0n) is 16.2. The lowest BCUT2D eigenvalue weighted by atomic mass is 10.0. The first kappa shape index (κ1) is 19.0. The monoisotopic (exact) mass is 441 g/mol. The van der Waals surface area contributed by atoms with Crippen LogP contribution in [0.4, 0.5) is 0 Å². The Hall–Kier alpha value is -2.31. The number of aromatic nitrogens is 1. The van der Waals surface area contributed by atoms with Crippen LogP contribution in [-0.4, -0.2) is 54.5 Å². The minimum absolute atomic E-state index is 0.0236. The number of nitrogens with zero attached hydrogens (tertiary/aromatic N) is 2. The minimum atomic E-state index is 0.0236. The van der Waals surface area contributed by atoms with Crippen molar-refractivity contribution in [3.63, 3.8) is 0 Å². The second kappa shape index (κ2) is 7.97. The van der Waals surface area contributed by atoms with E-state index in [1.807, 2.05) is 55.4 Å². The van der Waals surface area contributed by atoms with Gasteiger partial charge in [-0.05, 0) is 48.2 Å². The number of para-hydroxylation sites is 2. The van der Waals surface area contributed by atoms with Crippen molar-refractivity contribution in [1.29, 1.82) is 0 Å². The number of nitrogens with one attached hydrogen (secondary N) is 1. The average molecular weight is 442 g/mol. The van der Waals surface area contributed by atoms with Gasteiger partial charge in [0.05, 0.1) is 11.1 Å². The number of halogens is 1. The molecular weight excluding hydrogens is 418 g/mol. The Balaban J connectivity index is 1.57. The van der Waals surface area contributed by atoms with Crippen molar-refractivity contribution in [1.82, 2.24) is 14.8 Å². The molecule has 0 fully saturated rings. The van der Waals surface area contributed by atoms with Crippen LogP contribution in [0.3, 0.4) is 0 Å². The summed E-state index contributed by atoms with van der Waals surface area (Å²) in [5.74, 6) is 0.678. The quantitative estimate of drug-likeness (QED) is 0.648. The second-order valence-electron chi connectivity index (χ2n) is 7.37. The fraction of sp³-hybridized carbons (Fsp3) is 0.318. The second-order valence-corrected chi connectivity index (χ2v) is 8.22. The summed E-state index contributed by atoms with van der Waals surface area (Å²) in [6.07, 6.45) is 0.825. The van der Waals surface area contributed by atoms with Crippen LogP contribution < -0.4 is 4.74 Å². The molecule has 0 bridgehead atoms. The molecule has 0 unspecified atom stereocenters. The molecule has 0 aliphatic carbocycles. The van der Waals surface area contributed by atoms with Gasteiger partial charge in [0.25, 0.3) is 5.91 Å². The normalized spacial score (nSPS) is 13.8. The number of hydrogen-bond acceptors (Lipinski definition) is 3. The van der Waals surface area contributed by atoms with Gasteiger partial charge in [0.15, 0.2) is 0 Å². The molecule has 146 valence electrons. The molecule has 4 rings (SSSR count). The van der Waals surface area contributed by atoms with Crippen LogP contribution in [-0.2, 0) is 13.0 Å². The standard InChI is InChI=1S/C22H24BrN3O2/c1-25(2)12-13-28-20-9-4-3-6-16(20)22(27)26-11-10-19-17(14-26)15-7-5-8-18(23)21(15)24-19/h3-9,24H,10-14H2,1-2H3. The lowest BCUT2D eigenvalue weighted by Gasteiger charge is -2.28. The van der Waals surface area contributed by atoms with Crippen molar-refractivity contribution in [2.75, 3.05) is 33.8 Å². The lowest BCUT2D eigenvalue weighted by molar-refractivity contribution is 0.0730. The maximum atomic E-state index is 13.3. The van der Waals surface area contributed by atoms with Crippen LogP contribution in [0.5, 0.6) is 5.75 Å². The Labute approximate surface area is 173 Å². The van der Waals surface area contributed by atoms with Crippen LogP contribution in [0.15, 0.2) is 46.9 Å². The van der Waals surface area contributed by atoms with Gasteiger partial charge in [-0.25, -0.2) is 0 Å². The molecule has 1 aromatic heterocycles. The number of fused-ring (bicyclic) bond motifs is 3. The number of H-pyrrole nitrogens is 1. The number of likely N-dealkylation sites (N-methyl/N-ethyl adjacent to an activating group) is 1. The molecule has 2 aromatic carbocycles. The molecular formula is C22H24BrN3O2. The molecule has 0 atom stereocenters. The van der Waals surface area contributed by atoms with E-state index >= 15 is 0 Å². The Morgan fingerprint density at radius 2 is 2.04 bits per heavy atom. The first-order chi connectivity index (χ1) is 13.5. The van der Waals surface area contributed by atoms with Crippen molar-refractivity contribution in [3.8, 4) is 5.75 Å². The molecule has 5 nitrogen and oxygen atoms in total. The zero-order chi connectivity index (χ0) is 19.7. The number of aromatic amines is 1. The molecule has 0 radical (unpaired) electrons. The van der Waals surface area contributed by atoms with E-state index in [1.54, 1.807) is 0 Å². The molecule has 28 heavy (non-hydrogen) atoms. The summed E-state index contributed by atoms with van der Waals surface area (Å²) in [4.78, 5) is 20.8. The number of rotatable bonds is 5. The van der Waals surface area contributed by atoms with Crippen LogP contribution in [0.25, 0.3) is 10.9 Å². The van der Waals surface area contributed by atoms with Gasteiger partial charge in [-0.1, -0.05) is 24.3 Å². The van der Waals surface area contributed by atoms with Crippen molar-refractivity contribution >= 4 is 32.7 Å². The maximum Gasteiger partial charge on any atom is 0.257 e. The number of carbonyl (C=O) groups excluding carboxylic acids is 1. The first-order valence-electron chi connectivity index (χ1n) is 9.48. The van der Waals surface area contributed by atoms with E-state index in [-0.39, 0.29) is 5.91 Å². The Kier molecular flexibility index (Phi) is 5.42. The predicted octanol–water partition coefficient (Wildman–Crippen LogP) is 4.07. The van der Waals surface area contributed by atoms with Crippen molar-refractivity contribution in [3.05, 3.63) is 63.8 Å². The zero-order valence-corrected chi connectivity index (χ0v) is 17.8. The molecule has 1 aliphatic rings. The summed E-state index contributed by atoms with van der Waals surface area (Å²) >= 11 is 3.62. The van der Waals surface area contributed by atoms with Gasteiger partial charge < -0.3 is 19.5 Å². The van der Waals surface area contributed by atoms with Gasteiger partial charge in [-0.3, -0.25) is 4.79 Å². The molecule has 2 heterocycles. The highest BCUT2D eigenvalue weighted by molar-refractivity contribution is 9.10. The van der Waals surface area contributed by atoms with Gasteiger partial charge in [0.1, 0.15) is 12.4 Å². The minimum Gasteiger partial charge on any atom is -0.491 e. The van der Waals surface area contributed by atoms with Gasteiger partial charge in [0.2, 0.25) is 0 Å².